The number of nitrogens with zero attached hydrogens (tertiary/aromatic N) is 3. The molecule has 1 aromatic carbocycles. The lowest BCUT2D eigenvalue weighted by Gasteiger charge is -2.20. The number of hydrogen-bond acceptors (Lipinski definition) is 7. The number of nitrogen functional groups attached to an aromatic ring is 1. The lowest BCUT2D eigenvalue weighted by molar-refractivity contribution is -0.0975. The number of carbonyl (C=O) groups excluding carboxylic acids is 1. The third-order valence-electron chi connectivity index (χ3n) is 5.34. The molecule has 2 atom stereocenters. The molecule has 176 valence electrons. The van der Waals surface area contributed by atoms with Crippen LogP contribution in [0.1, 0.15) is 35.1 Å². The largest absolute Gasteiger partial charge is 0.389 e. The van der Waals surface area contributed by atoms with Crippen molar-refractivity contribution in [2.75, 3.05) is 17.7 Å². The minimum absolute atomic E-state index is 0.00678. The molecular weight excluding hydrogens is 464 g/mol. The van der Waals surface area contributed by atoms with E-state index in [2.05, 4.69) is 15.4 Å². The molecule has 0 saturated carbocycles. The third kappa shape index (κ3) is 4.43. The normalized spacial score (nSPS) is 20.4. The summed E-state index contributed by atoms with van der Waals surface area (Å²) in [5.74, 6) is -5.61. The van der Waals surface area contributed by atoms with Crippen LogP contribution < -0.4 is 16.8 Å². The molecule has 1 fully saturated rings. The molecule has 33 heavy (non-hydrogen) atoms. The Kier molecular flexibility index (Phi) is 6.12. The smallest absolute Gasteiger partial charge is 0.285 e. The maximum absolute atomic E-state index is 14.1. The van der Waals surface area contributed by atoms with E-state index in [1.807, 2.05) is 0 Å². The van der Waals surface area contributed by atoms with Crippen molar-refractivity contribution in [2.24, 2.45) is 12.8 Å². The number of anilines is 2. The van der Waals surface area contributed by atoms with Crippen molar-refractivity contribution >= 4 is 27.9 Å². The van der Waals surface area contributed by atoms with E-state index in [0.29, 0.717) is 5.69 Å². The Bertz CT molecular complexity index is 1180. The van der Waals surface area contributed by atoms with Crippen molar-refractivity contribution in [3.63, 3.8) is 0 Å². The highest BCUT2D eigenvalue weighted by Crippen LogP contribution is 2.37. The number of alkyl halides is 2. The summed E-state index contributed by atoms with van der Waals surface area (Å²) in [6.07, 6.45) is 0.740. The highest BCUT2D eigenvalue weighted by Gasteiger charge is 2.42. The molecule has 3 aromatic rings. The van der Waals surface area contributed by atoms with E-state index in [9.17, 15) is 22.4 Å². The van der Waals surface area contributed by atoms with Gasteiger partial charge in [0, 0.05) is 7.05 Å². The molecule has 0 bridgehead atoms. The zero-order chi connectivity index (χ0) is 23.9. The Balaban J connectivity index is 1.59. The first kappa shape index (κ1) is 23.1. The number of benzene rings is 1. The van der Waals surface area contributed by atoms with Gasteiger partial charge in [-0.1, -0.05) is 17.4 Å². The zero-order valence-electron chi connectivity index (χ0n) is 17.3. The van der Waals surface area contributed by atoms with Crippen molar-refractivity contribution in [1.82, 2.24) is 14.8 Å². The van der Waals surface area contributed by atoms with Crippen molar-refractivity contribution < 1.29 is 27.1 Å². The standard InChI is InChI=1S/C20H20F4N6O2S/c1-30-16(12-5-6-13(25)20(23,24)8-32-12)11(7-27-30)28-18(31)15-17(26)33-19(29-15)14-9(21)3-2-4-10(14)22/h2-4,7,12-13H,5-6,8,25-26H2,1H3,(H,28,31)/t12-,13+/m0/s1. The number of nitrogens with two attached hydrogens (primary N) is 2. The van der Waals surface area contributed by atoms with Gasteiger partial charge >= 0.3 is 0 Å². The van der Waals surface area contributed by atoms with Crippen LogP contribution in [0.15, 0.2) is 24.4 Å². The summed E-state index contributed by atoms with van der Waals surface area (Å²) in [6, 6.07) is 2.00. The number of nitrogens with one attached hydrogen (secondary N) is 1. The van der Waals surface area contributed by atoms with Crippen molar-refractivity contribution in [2.45, 2.75) is 30.9 Å². The number of thiazole rings is 1. The van der Waals surface area contributed by atoms with Crippen molar-refractivity contribution in [1.29, 1.82) is 0 Å². The third-order valence-corrected chi connectivity index (χ3v) is 6.24. The van der Waals surface area contributed by atoms with Gasteiger partial charge in [-0.2, -0.15) is 5.10 Å². The molecule has 0 spiro atoms. The van der Waals surface area contributed by atoms with E-state index >= 15 is 0 Å². The van der Waals surface area contributed by atoms with Gasteiger partial charge in [0.1, 0.15) is 34.4 Å². The van der Waals surface area contributed by atoms with Gasteiger partial charge in [-0.05, 0) is 25.0 Å². The number of halogens is 4. The molecule has 1 amide bonds. The van der Waals surface area contributed by atoms with E-state index in [1.165, 1.54) is 16.9 Å². The van der Waals surface area contributed by atoms with Crippen molar-refractivity contribution in [3.8, 4) is 10.6 Å². The molecular formula is C20H20F4N6O2S. The summed E-state index contributed by atoms with van der Waals surface area (Å²) in [6.45, 7) is -0.867. The van der Waals surface area contributed by atoms with Crippen LogP contribution in [-0.4, -0.2) is 39.2 Å². The molecule has 0 aliphatic carbocycles. The fourth-order valence-electron chi connectivity index (χ4n) is 3.57. The van der Waals surface area contributed by atoms with Crippen LogP contribution in [0.3, 0.4) is 0 Å². The second kappa shape index (κ2) is 8.72. The summed E-state index contributed by atoms with van der Waals surface area (Å²) in [5, 5.41) is 6.52. The van der Waals surface area contributed by atoms with Crippen LogP contribution in [0.25, 0.3) is 10.6 Å². The predicted molar refractivity (Wildman–Crippen MR) is 114 cm³/mol. The quantitative estimate of drug-likeness (QED) is 0.488. The highest BCUT2D eigenvalue weighted by molar-refractivity contribution is 7.19. The first-order valence-electron chi connectivity index (χ1n) is 9.87. The van der Waals surface area contributed by atoms with Gasteiger partial charge in [0.2, 0.25) is 0 Å². The van der Waals surface area contributed by atoms with Crippen LogP contribution >= 0.6 is 11.3 Å². The molecule has 8 nitrogen and oxygen atoms in total. The van der Waals surface area contributed by atoms with E-state index in [1.54, 1.807) is 7.05 Å². The lowest BCUT2D eigenvalue weighted by Crippen LogP contribution is -2.42. The van der Waals surface area contributed by atoms with Crippen LogP contribution in [0.5, 0.6) is 0 Å². The topological polar surface area (TPSA) is 121 Å². The maximum Gasteiger partial charge on any atom is 0.285 e. The maximum atomic E-state index is 14.1. The van der Waals surface area contributed by atoms with Crippen LogP contribution in [0.4, 0.5) is 28.3 Å². The molecule has 1 aliphatic rings. The van der Waals surface area contributed by atoms with Gasteiger partial charge in [-0.15, -0.1) is 0 Å². The van der Waals surface area contributed by atoms with Gasteiger partial charge in [0.25, 0.3) is 11.8 Å². The Labute approximate surface area is 189 Å². The Morgan fingerprint density at radius 1 is 1.30 bits per heavy atom. The summed E-state index contributed by atoms with van der Waals surface area (Å²) in [7, 11) is 1.58. The molecule has 2 aromatic heterocycles. The Hall–Kier alpha value is -3.03. The fourth-order valence-corrected chi connectivity index (χ4v) is 4.45. The number of ether oxygens (including phenoxy) is 1. The monoisotopic (exact) mass is 484 g/mol. The lowest BCUT2D eigenvalue weighted by atomic mass is 10.0. The number of carbonyl (C=O) groups is 1. The van der Waals surface area contributed by atoms with Gasteiger partial charge in [-0.3, -0.25) is 9.48 Å². The second-order valence-corrected chi connectivity index (χ2v) is 8.62. The van der Waals surface area contributed by atoms with Gasteiger partial charge in [-0.25, -0.2) is 22.5 Å². The first-order chi connectivity index (χ1) is 15.6. The van der Waals surface area contributed by atoms with Gasteiger partial charge in [0.05, 0.1) is 29.2 Å². The number of aryl methyl sites for hydroxylation is 1. The van der Waals surface area contributed by atoms with E-state index in [0.717, 1.165) is 23.5 Å². The van der Waals surface area contributed by atoms with E-state index in [-0.39, 0.29) is 39.8 Å². The fraction of sp³-hybridized carbons (Fsp3) is 0.350. The summed E-state index contributed by atoms with van der Waals surface area (Å²) < 4.78 is 62.9. The van der Waals surface area contributed by atoms with E-state index in [4.69, 9.17) is 16.2 Å². The molecule has 3 heterocycles. The minimum atomic E-state index is -3.18. The van der Waals surface area contributed by atoms with Gasteiger partial charge in [0.15, 0.2) is 5.69 Å². The Morgan fingerprint density at radius 3 is 2.70 bits per heavy atom. The minimum Gasteiger partial charge on any atom is -0.389 e. The molecule has 13 heteroatoms. The van der Waals surface area contributed by atoms with Crippen LogP contribution in [-0.2, 0) is 11.8 Å². The predicted octanol–water partition coefficient (Wildman–Crippen LogP) is 3.47. The van der Waals surface area contributed by atoms with Crippen LogP contribution in [0.2, 0.25) is 0 Å². The SMILES string of the molecule is Cn1ncc(NC(=O)c2nc(-c3c(F)cccc3F)sc2N)c1[C@@H]1CC[C@@H](N)C(F)(F)CO1. The molecule has 0 unspecified atom stereocenters. The molecule has 4 rings (SSSR count). The summed E-state index contributed by atoms with van der Waals surface area (Å²) >= 11 is 0.758. The summed E-state index contributed by atoms with van der Waals surface area (Å²) in [5.41, 5.74) is 11.4. The molecule has 0 radical (unpaired) electrons. The summed E-state index contributed by atoms with van der Waals surface area (Å²) in [4.78, 5) is 16.9. The number of hydrogen-bond donors (Lipinski definition) is 3. The number of rotatable bonds is 4. The zero-order valence-corrected chi connectivity index (χ0v) is 18.1. The second-order valence-electron chi connectivity index (χ2n) is 7.59. The Morgan fingerprint density at radius 2 is 2.00 bits per heavy atom. The average molecular weight is 484 g/mol. The highest BCUT2D eigenvalue weighted by atomic mass is 32.1. The van der Waals surface area contributed by atoms with Crippen LogP contribution in [0, 0.1) is 11.6 Å². The number of amides is 1. The van der Waals surface area contributed by atoms with Gasteiger partial charge < -0.3 is 21.5 Å². The number of aromatic nitrogens is 3. The molecule has 1 aliphatic heterocycles. The molecule has 5 N–H and O–H groups in total. The molecule has 1 saturated heterocycles. The average Bonchev–Trinajstić information content (AvgIpc) is 3.26. The van der Waals surface area contributed by atoms with E-state index < -0.39 is 42.2 Å². The first-order valence-corrected chi connectivity index (χ1v) is 10.7. The van der Waals surface area contributed by atoms with Crippen molar-refractivity contribution in [3.05, 3.63) is 47.4 Å².